The normalized spacial score (nSPS) is 11.9. The van der Waals surface area contributed by atoms with Gasteiger partial charge in [0.1, 0.15) is 0 Å². The number of benzene rings is 1. The van der Waals surface area contributed by atoms with Crippen LogP contribution in [-0.4, -0.2) is 11.1 Å². The van der Waals surface area contributed by atoms with E-state index in [1.54, 1.807) is 25.2 Å². The third-order valence-electron chi connectivity index (χ3n) is 2.83. The first-order valence-corrected chi connectivity index (χ1v) is 6.96. The minimum Gasteiger partial charge on any atom is -0.481 e. The highest BCUT2D eigenvalue weighted by Gasteiger charge is 2.28. The van der Waals surface area contributed by atoms with E-state index >= 15 is 0 Å². The predicted molar refractivity (Wildman–Crippen MR) is 74.6 cm³/mol. The molecule has 0 radical (unpaired) electrons. The average molecular weight is 313 g/mol. The van der Waals surface area contributed by atoms with Crippen molar-refractivity contribution in [3.05, 3.63) is 33.6 Å². The lowest BCUT2D eigenvalue weighted by molar-refractivity contribution is -0.146. The zero-order valence-corrected chi connectivity index (χ0v) is 12.1. The van der Waals surface area contributed by atoms with Gasteiger partial charge in [0.05, 0.1) is 5.41 Å². The first kappa shape index (κ1) is 12.6. The molecule has 0 amide bonds. The van der Waals surface area contributed by atoms with Crippen LogP contribution in [0.1, 0.15) is 19.4 Å². The second-order valence-corrected chi connectivity index (χ2v) is 6.59. The van der Waals surface area contributed by atoms with Crippen LogP contribution in [0.15, 0.2) is 28.1 Å². The highest BCUT2D eigenvalue weighted by molar-refractivity contribution is 9.10. The molecular weight excluding hydrogens is 300 g/mol. The van der Waals surface area contributed by atoms with Gasteiger partial charge in [-0.3, -0.25) is 4.79 Å². The standard InChI is InChI=1S/C13H13BrO2S/c1-13(2,12(15)16)6-8-7-17-11-5-9(14)3-4-10(8)11/h3-5,7H,6H2,1-2H3,(H,15,16). The monoisotopic (exact) mass is 312 g/mol. The Morgan fingerprint density at radius 2 is 2.18 bits per heavy atom. The van der Waals surface area contributed by atoms with E-state index in [2.05, 4.69) is 27.4 Å². The number of carboxylic acids is 1. The van der Waals surface area contributed by atoms with Crippen LogP contribution in [0, 0.1) is 5.41 Å². The van der Waals surface area contributed by atoms with Gasteiger partial charge >= 0.3 is 5.97 Å². The van der Waals surface area contributed by atoms with Crippen molar-refractivity contribution in [3.8, 4) is 0 Å². The third kappa shape index (κ3) is 2.53. The number of fused-ring (bicyclic) bond motifs is 1. The summed E-state index contributed by atoms with van der Waals surface area (Å²) in [6.45, 7) is 3.52. The molecule has 0 saturated heterocycles. The number of carboxylic acid groups (broad SMARTS) is 1. The molecule has 2 nitrogen and oxygen atoms in total. The molecule has 1 aromatic heterocycles. The smallest absolute Gasteiger partial charge is 0.309 e. The molecule has 2 rings (SSSR count). The topological polar surface area (TPSA) is 37.3 Å². The predicted octanol–water partition coefficient (Wildman–Crippen LogP) is 4.32. The number of hydrogen-bond donors (Lipinski definition) is 1. The lowest BCUT2D eigenvalue weighted by Gasteiger charge is -2.18. The van der Waals surface area contributed by atoms with Gasteiger partial charge in [-0.15, -0.1) is 11.3 Å². The summed E-state index contributed by atoms with van der Waals surface area (Å²) in [6.07, 6.45) is 0.559. The molecule has 17 heavy (non-hydrogen) atoms. The van der Waals surface area contributed by atoms with Gasteiger partial charge in [0.25, 0.3) is 0 Å². The van der Waals surface area contributed by atoms with Gasteiger partial charge in [0.15, 0.2) is 0 Å². The van der Waals surface area contributed by atoms with E-state index in [1.807, 2.05) is 12.1 Å². The van der Waals surface area contributed by atoms with Gasteiger partial charge in [-0.25, -0.2) is 0 Å². The maximum Gasteiger partial charge on any atom is 0.309 e. The summed E-state index contributed by atoms with van der Waals surface area (Å²) in [4.78, 5) is 11.1. The van der Waals surface area contributed by atoms with Crippen molar-refractivity contribution in [2.24, 2.45) is 5.41 Å². The molecule has 0 saturated carbocycles. The molecule has 0 spiro atoms. The van der Waals surface area contributed by atoms with Crippen LogP contribution < -0.4 is 0 Å². The van der Waals surface area contributed by atoms with Crippen LogP contribution in [0.5, 0.6) is 0 Å². The summed E-state index contributed by atoms with van der Waals surface area (Å²) in [7, 11) is 0. The number of thiophene rings is 1. The van der Waals surface area contributed by atoms with E-state index in [0.717, 1.165) is 15.4 Å². The second kappa shape index (κ2) is 4.42. The zero-order chi connectivity index (χ0) is 12.6. The van der Waals surface area contributed by atoms with Crippen LogP contribution in [0.4, 0.5) is 0 Å². The van der Waals surface area contributed by atoms with Gasteiger partial charge in [0, 0.05) is 9.17 Å². The minimum atomic E-state index is -0.756. The maximum absolute atomic E-state index is 11.1. The molecule has 0 unspecified atom stereocenters. The second-order valence-electron chi connectivity index (χ2n) is 4.77. The van der Waals surface area contributed by atoms with Crippen molar-refractivity contribution in [1.29, 1.82) is 0 Å². The third-order valence-corrected chi connectivity index (χ3v) is 4.32. The van der Waals surface area contributed by atoms with E-state index in [1.165, 1.54) is 4.70 Å². The van der Waals surface area contributed by atoms with Gasteiger partial charge in [-0.2, -0.15) is 0 Å². The molecule has 90 valence electrons. The van der Waals surface area contributed by atoms with Gasteiger partial charge in [-0.05, 0) is 48.7 Å². The zero-order valence-electron chi connectivity index (χ0n) is 9.66. The first-order chi connectivity index (χ1) is 7.90. The fraction of sp³-hybridized carbons (Fsp3) is 0.308. The summed E-state index contributed by atoms with van der Waals surface area (Å²) >= 11 is 5.10. The average Bonchev–Trinajstić information content (AvgIpc) is 2.60. The molecule has 1 heterocycles. The van der Waals surface area contributed by atoms with Crippen LogP contribution in [-0.2, 0) is 11.2 Å². The quantitative estimate of drug-likeness (QED) is 0.916. The van der Waals surface area contributed by atoms with E-state index in [4.69, 9.17) is 5.11 Å². The lowest BCUT2D eigenvalue weighted by Crippen LogP contribution is -2.25. The molecule has 1 N–H and O–H groups in total. The Kier molecular flexibility index (Phi) is 3.27. The van der Waals surface area contributed by atoms with E-state index in [-0.39, 0.29) is 0 Å². The van der Waals surface area contributed by atoms with Crippen LogP contribution in [0.2, 0.25) is 0 Å². The molecule has 0 atom stereocenters. The van der Waals surface area contributed by atoms with Crippen molar-refractivity contribution in [2.45, 2.75) is 20.3 Å². The Balaban J connectivity index is 2.41. The van der Waals surface area contributed by atoms with E-state index in [0.29, 0.717) is 6.42 Å². The van der Waals surface area contributed by atoms with Gasteiger partial charge in [0.2, 0.25) is 0 Å². The van der Waals surface area contributed by atoms with Crippen LogP contribution >= 0.6 is 27.3 Å². The largest absolute Gasteiger partial charge is 0.481 e. The Morgan fingerprint density at radius 1 is 1.47 bits per heavy atom. The summed E-state index contributed by atoms with van der Waals surface area (Å²) in [5, 5.41) is 12.4. The number of halogens is 1. The summed E-state index contributed by atoms with van der Waals surface area (Å²) < 4.78 is 2.24. The van der Waals surface area contributed by atoms with Crippen molar-refractivity contribution in [2.75, 3.05) is 0 Å². The minimum absolute atomic E-state index is 0.559. The molecule has 0 aliphatic heterocycles. The van der Waals surface area contributed by atoms with Crippen molar-refractivity contribution < 1.29 is 9.90 Å². The lowest BCUT2D eigenvalue weighted by atomic mass is 9.86. The summed E-state index contributed by atoms with van der Waals surface area (Å²) in [5.41, 5.74) is 0.394. The SMILES string of the molecule is CC(C)(Cc1csc2cc(Br)ccc12)C(=O)O. The molecule has 0 aliphatic rings. The molecular formula is C13H13BrO2S. The summed E-state index contributed by atoms with van der Waals surface area (Å²) in [5.74, 6) is -0.756. The number of hydrogen-bond acceptors (Lipinski definition) is 2. The molecule has 0 bridgehead atoms. The fourth-order valence-corrected chi connectivity index (χ4v) is 3.26. The Bertz CT molecular complexity index is 572. The molecule has 2 aromatic rings. The van der Waals surface area contributed by atoms with Gasteiger partial charge in [-0.1, -0.05) is 22.0 Å². The van der Waals surface area contributed by atoms with Crippen molar-refractivity contribution >= 4 is 43.3 Å². The van der Waals surface area contributed by atoms with Crippen molar-refractivity contribution in [1.82, 2.24) is 0 Å². The Hall–Kier alpha value is -0.870. The molecule has 4 heteroatoms. The fourth-order valence-electron chi connectivity index (χ4n) is 1.75. The highest BCUT2D eigenvalue weighted by atomic mass is 79.9. The van der Waals surface area contributed by atoms with Crippen molar-refractivity contribution in [3.63, 3.8) is 0 Å². The van der Waals surface area contributed by atoms with E-state index < -0.39 is 11.4 Å². The van der Waals surface area contributed by atoms with Crippen LogP contribution in [0.3, 0.4) is 0 Å². The van der Waals surface area contributed by atoms with E-state index in [9.17, 15) is 4.79 Å². The Morgan fingerprint density at radius 3 is 2.82 bits per heavy atom. The van der Waals surface area contributed by atoms with Crippen LogP contribution in [0.25, 0.3) is 10.1 Å². The maximum atomic E-state index is 11.1. The highest BCUT2D eigenvalue weighted by Crippen LogP contribution is 2.33. The first-order valence-electron chi connectivity index (χ1n) is 5.29. The molecule has 1 aromatic carbocycles. The molecule has 0 fully saturated rings. The number of carbonyl (C=O) groups is 1. The number of aliphatic carboxylic acids is 1. The summed E-state index contributed by atoms with van der Waals surface area (Å²) in [6, 6.07) is 6.10. The Labute approximate surface area is 112 Å². The number of rotatable bonds is 3. The van der Waals surface area contributed by atoms with Gasteiger partial charge < -0.3 is 5.11 Å². The molecule has 0 aliphatic carbocycles.